The lowest BCUT2D eigenvalue weighted by molar-refractivity contribution is -0.116. The average molecular weight is 478 g/mol. The van der Waals surface area contributed by atoms with Crippen LogP contribution in [0.3, 0.4) is 0 Å². The van der Waals surface area contributed by atoms with Gasteiger partial charge in [0, 0.05) is 12.1 Å². The van der Waals surface area contributed by atoms with Gasteiger partial charge in [0.05, 0.1) is 24.3 Å². The summed E-state index contributed by atoms with van der Waals surface area (Å²) in [6, 6.07) is 20.6. The van der Waals surface area contributed by atoms with Crippen LogP contribution in [0.1, 0.15) is 45.5 Å². The lowest BCUT2D eigenvalue weighted by Crippen LogP contribution is -2.14. The summed E-state index contributed by atoms with van der Waals surface area (Å²) in [5.74, 6) is -1.34. The first-order valence-electron chi connectivity index (χ1n) is 11.2. The number of nitrogens with one attached hydrogen (secondary N) is 1. The fourth-order valence-electron chi connectivity index (χ4n) is 3.32. The molecule has 0 unspecified atom stereocenters. The molecular formula is C27H27NO7. The van der Waals surface area contributed by atoms with Gasteiger partial charge in [0.15, 0.2) is 0 Å². The number of aryl methyl sites for hydroxylation is 1. The molecule has 182 valence electrons. The Kier molecular flexibility index (Phi) is 9.24. The van der Waals surface area contributed by atoms with Crippen LogP contribution >= 0.6 is 0 Å². The highest BCUT2D eigenvalue weighted by Gasteiger charge is 2.13. The van der Waals surface area contributed by atoms with Gasteiger partial charge in [0.2, 0.25) is 5.91 Å². The molecule has 35 heavy (non-hydrogen) atoms. The van der Waals surface area contributed by atoms with E-state index < -0.39 is 11.9 Å². The minimum absolute atomic E-state index is 0.126. The number of anilines is 1. The molecule has 0 aliphatic heterocycles. The van der Waals surface area contributed by atoms with Crippen molar-refractivity contribution in [2.45, 2.75) is 25.7 Å². The second-order valence-electron chi connectivity index (χ2n) is 7.82. The van der Waals surface area contributed by atoms with Crippen molar-refractivity contribution >= 4 is 23.5 Å². The molecule has 0 saturated carbocycles. The summed E-state index contributed by atoms with van der Waals surface area (Å²) in [7, 11) is 0. The fourth-order valence-corrected chi connectivity index (χ4v) is 3.32. The highest BCUT2D eigenvalue weighted by Crippen LogP contribution is 2.18. The maximum atomic E-state index is 12.4. The Labute approximate surface area is 203 Å². The number of carbonyl (C=O) groups is 3. The summed E-state index contributed by atoms with van der Waals surface area (Å²) < 4.78 is 11.5. The number of unbranched alkanes of at least 4 members (excludes halogenated alkanes) is 1. The first kappa shape index (κ1) is 25.3. The third-order valence-corrected chi connectivity index (χ3v) is 5.07. The minimum Gasteiger partial charge on any atom is -0.494 e. The predicted molar refractivity (Wildman–Crippen MR) is 130 cm³/mol. The number of ether oxygens (including phenoxy) is 2. The molecule has 0 saturated heterocycles. The van der Waals surface area contributed by atoms with Crippen LogP contribution in [0, 0.1) is 0 Å². The van der Waals surface area contributed by atoms with Gasteiger partial charge in [-0.3, -0.25) is 4.79 Å². The van der Waals surface area contributed by atoms with Gasteiger partial charge in [-0.15, -0.1) is 0 Å². The van der Waals surface area contributed by atoms with E-state index in [0.717, 1.165) is 30.2 Å². The van der Waals surface area contributed by atoms with Crippen LogP contribution in [0.25, 0.3) is 0 Å². The number of hydrogen-bond acceptors (Lipinski definition) is 5. The molecule has 3 aromatic carbocycles. The third kappa shape index (κ3) is 8.51. The van der Waals surface area contributed by atoms with E-state index in [0.29, 0.717) is 25.4 Å². The van der Waals surface area contributed by atoms with Crippen LogP contribution in [0.2, 0.25) is 0 Å². The van der Waals surface area contributed by atoms with E-state index in [4.69, 9.17) is 19.7 Å². The van der Waals surface area contributed by atoms with Gasteiger partial charge in [-0.05, 0) is 67.3 Å². The van der Waals surface area contributed by atoms with Gasteiger partial charge in [0.1, 0.15) is 11.5 Å². The Bertz CT molecular complexity index is 1130. The van der Waals surface area contributed by atoms with Crippen molar-refractivity contribution in [3.05, 3.63) is 89.5 Å². The Morgan fingerprint density at radius 2 is 1.31 bits per heavy atom. The zero-order valence-corrected chi connectivity index (χ0v) is 19.1. The largest absolute Gasteiger partial charge is 0.494 e. The summed E-state index contributed by atoms with van der Waals surface area (Å²) in [6.07, 6.45) is 2.28. The molecule has 0 atom stereocenters. The number of rotatable bonds is 13. The summed E-state index contributed by atoms with van der Waals surface area (Å²) in [5, 5.41) is 20.9. The van der Waals surface area contributed by atoms with Crippen molar-refractivity contribution < 1.29 is 34.1 Å². The maximum Gasteiger partial charge on any atom is 0.335 e. The number of carboxylic acid groups (broad SMARTS) is 2. The van der Waals surface area contributed by atoms with Crippen molar-refractivity contribution in [2.75, 3.05) is 18.5 Å². The van der Waals surface area contributed by atoms with Crippen LogP contribution in [0.5, 0.6) is 11.5 Å². The number of aromatic carboxylic acids is 2. The zero-order chi connectivity index (χ0) is 25.0. The van der Waals surface area contributed by atoms with Gasteiger partial charge in [-0.2, -0.15) is 0 Å². The lowest BCUT2D eigenvalue weighted by Gasteiger charge is -2.10. The molecular weight excluding hydrogens is 450 g/mol. The molecule has 8 nitrogen and oxygen atoms in total. The molecule has 0 aliphatic rings. The molecule has 0 spiro atoms. The zero-order valence-electron chi connectivity index (χ0n) is 19.1. The number of hydrogen-bond donors (Lipinski definition) is 3. The van der Waals surface area contributed by atoms with E-state index in [9.17, 15) is 14.4 Å². The van der Waals surface area contributed by atoms with Crippen LogP contribution in [-0.2, 0) is 11.2 Å². The normalized spacial score (nSPS) is 10.4. The first-order valence-corrected chi connectivity index (χ1v) is 11.2. The Hall–Kier alpha value is -4.33. The molecule has 3 N–H and O–H groups in total. The van der Waals surface area contributed by atoms with E-state index in [1.807, 2.05) is 54.6 Å². The van der Waals surface area contributed by atoms with E-state index in [2.05, 4.69) is 5.32 Å². The Morgan fingerprint density at radius 3 is 1.94 bits per heavy atom. The second kappa shape index (κ2) is 12.8. The number of carboxylic acids is 2. The quantitative estimate of drug-likeness (QED) is 0.300. The molecule has 0 fully saturated rings. The van der Waals surface area contributed by atoms with E-state index in [1.54, 1.807) is 0 Å². The second-order valence-corrected chi connectivity index (χ2v) is 7.82. The summed E-state index contributed by atoms with van der Waals surface area (Å²) >= 11 is 0. The molecule has 0 heterocycles. The molecule has 0 radical (unpaired) electrons. The summed E-state index contributed by atoms with van der Waals surface area (Å²) in [5.41, 5.74) is 0.615. The number of carbonyl (C=O) groups excluding carboxylic acids is 1. The Balaban J connectivity index is 1.43. The topological polar surface area (TPSA) is 122 Å². The summed E-state index contributed by atoms with van der Waals surface area (Å²) in [6.45, 7) is 1.17. The van der Waals surface area contributed by atoms with Gasteiger partial charge in [-0.1, -0.05) is 30.3 Å². The van der Waals surface area contributed by atoms with Crippen molar-refractivity contribution in [3.8, 4) is 11.5 Å². The maximum absolute atomic E-state index is 12.4. The average Bonchev–Trinajstić information content (AvgIpc) is 2.85. The fraction of sp³-hybridized carbons (Fsp3) is 0.222. The van der Waals surface area contributed by atoms with E-state index >= 15 is 0 Å². The van der Waals surface area contributed by atoms with E-state index in [1.165, 1.54) is 12.1 Å². The molecule has 1 amide bonds. The molecule has 3 rings (SSSR count). The van der Waals surface area contributed by atoms with Crippen molar-refractivity contribution in [1.29, 1.82) is 0 Å². The first-order chi connectivity index (χ1) is 16.9. The van der Waals surface area contributed by atoms with Crippen LogP contribution in [-0.4, -0.2) is 41.3 Å². The number of amides is 1. The third-order valence-electron chi connectivity index (χ3n) is 5.07. The predicted octanol–water partition coefficient (Wildman–Crippen LogP) is 4.89. The highest BCUT2D eigenvalue weighted by atomic mass is 16.5. The highest BCUT2D eigenvalue weighted by molar-refractivity contribution is 5.98. The van der Waals surface area contributed by atoms with Crippen molar-refractivity contribution in [1.82, 2.24) is 0 Å². The van der Waals surface area contributed by atoms with Crippen molar-refractivity contribution in [3.63, 3.8) is 0 Å². The van der Waals surface area contributed by atoms with Gasteiger partial charge in [-0.25, -0.2) is 9.59 Å². The molecule has 3 aromatic rings. The SMILES string of the molecule is O=C(CCc1cccc(OCCCCOc2ccccc2)c1)Nc1cc(C(=O)O)cc(C(=O)O)c1. The van der Waals surface area contributed by atoms with Crippen LogP contribution in [0.15, 0.2) is 72.8 Å². The standard InChI is InChI=1S/C27H27NO7/c29-25(28-22-17-20(26(30)31)16-21(18-22)27(32)33)12-11-19-7-6-10-24(15-19)35-14-5-4-13-34-23-8-2-1-3-9-23/h1-3,6-10,15-18H,4-5,11-14H2,(H,28,29)(H,30,31)(H,32,33). The van der Waals surface area contributed by atoms with Gasteiger partial charge >= 0.3 is 11.9 Å². The van der Waals surface area contributed by atoms with Gasteiger partial charge < -0.3 is 25.0 Å². The lowest BCUT2D eigenvalue weighted by atomic mass is 10.1. The van der Waals surface area contributed by atoms with Crippen LogP contribution in [0.4, 0.5) is 5.69 Å². The van der Waals surface area contributed by atoms with Gasteiger partial charge in [0.25, 0.3) is 0 Å². The van der Waals surface area contributed by atoms with E-state index in [-0.39, 0.29) is 29.1 Å². The van der Waals surface area contributed by atoms with Crippen molar-refractivity contribution in [2.24, 2.45) is 0 Å². The molecule has 0 bridgehead atoms. The number of benzene rings is 3. The summed E-state index contributed by atoms with van der Waals surface area (Å²) in [4.78, 5) is 34.8. The monoisotopic (exact) mass is 477 g/mol. The van der Waals surface area contributed by atoms with Crippen LogP contribution < -0.4 is 14.8 Å². The molecule has 8 heteroatoms. The molecule has 0 aliphatic carbocycles. The molecule has 0 aromatic heterocycles. The Morgan fingerprint density at radius 1 is 0.714 bits per heavy atom. The smallest absolute Gasteiger partial charge is 0.335 e. The minimum atomic E-state index is -1.27. The number of para-hydroxylation sites is 1.